The number of thioether (sulfide) groups is 1. The van der Waals surface area contributed by atoms with Crippen molar-refractivity contribution in [2.24, 2.45) is 0 Å². The molecule has 0 fully saturated rings. The standard InChI is InChI=1S/C13H17FO2S/c14-11-5-4-7-13(9-11)17-8-3-1-2-6-12(16)10-15/h4-5,7,9,15H,1-3,6,8,10H2. The Hall–Kier alpha value is -0.870. The minimum atomic E-state index is -0.349. The maximum absolute atomic E-state index is 12.9. The van der Waals surface area contributed by atoms with Gasteiger partial charge in [-0.3, -0.25) is 4.79 Å². The fraction of sp³-hybridized carbons (Fsp3) is 0.462. The second-order valence-corrected chi connectivity index (χ2v) is 4.98. The van der Waals surface area contributed by atoms with Gasteiger partial charge in [-0.1, -0.05) is 12.5 Å². The number of halogens is 1. The molecule has 1 N–H and O–H groups in total. The third kappa shape index (κ3) is 6.44. The summed E-state index contributed by atoms with van der Waals surface area (Å²) in [6.07, 6.45) is 3.25. The molecular formula is C13H17FO2S. The highest BCUT2D eigenvalue weighted by Crippen LogP contribution is 2.20. The summed E-state index contributed by atoms with van der Waals surface area (Å²) in [7, 11) is 0. The highest BCUT2D eigenvalue weighted by molar-refractivity contribution is 7.99. The van der Waals surface area contributed by atoms with E-state index in [9.17, 15) is 9.18 Å². The SMILES string of the molecule is O=C(CO)CCCCCSc1cccc(F)c1. The zero-order valence-corrected chi connectivity index (χ0v) is 10.5. The van der Waals surface area contributed by atoms with Crippen LogP contribution in [0.15, 0.2) is 29.2 Å². The molecule has 0 saturated carbocycles. The molecule has 0 saturated heterocycles. The van der Waals surface area contributed by atoms with Gasteiger partial charge in [0.25, 0.3) is 0 Å². The quantitative estimate of drug-likeness (QED) is 0.574. The van der Waals surface area contributed by atoms with E-state index in [1.54, 1.807) is 17.8 Å². The van der Waals surface area contributed by atoms with Crippen LogP contribution in [-0.2, 0) is 4.79 Å². The normalized spacial score (nSPS) is 10.5. The van der Waals surface area contributed by atoms with Crippen LogP contribution in [0.5, 0.6) is 0 Å². The highest BCUT2D eigenvalue weighted by Gasteiger charge is 1.99. The molecule has 1 aromatic rings. The Labute approximate surface area is 105 Å². The van der Waals surface area contributed by atoms with Gasteiger partial charge in [-0.25, -0.2) is 4.39 Å². The van der Waals surface area contributed by atoms with Gasteiger partial charge in [0, 0.05) is 11.3 Å². The minimum Gasteiger partial charge on any atom is -0.389 e. The number of unbranched alkanes of at least 4 members (excludes halogenated alkanes) is 2. The van der Waals surface area contributed by atoms with E-state index in [1.807, 2.05) is 6.07 Å². The van der Waals surface area contributed by atoms with Gasteiger partial charge >= 0.3 is 0 Å². The number of carbonyl (C=O) groups is 1. The van der Waals surface area contributed by atoms with Gasteiger partial charge in [-0.05, 0) is 36.8 Å². The van der Waals surface area contributed by atoms with Gasteiger partial charge in [0.2, 0.25) is 0 Å². The molecule has 0 bridgehead atoms. The number of carbonyl (C=O) groups excluding carboxylic acids is 1. The minimum absolute atomic E-state index is 0.0946. The van der Waals surface area contributed by atoms with Gasteiger partial charge in [0.05, 0.1) is 0 Å². The average molecular weight is 256 g/mol. The number of hydrogen-bond acceptors (Lipinski definition) is 3. The van der Waals surface area contributed by atoms with Gasteiger partial charge in [-0.15, -0.1) is 11.8 Å². The first kappa shape index (κ1) is 14.2. The van der Waals surface area contributed by atoms with E-state index in [-0.39, 0.29) is 18.2 Å². The number of benzene rings is 1. The molecule has 0 radical (unpaired) electrons. The average Bonchev–Trinajstić information content (AvgIpc) is 2.33. The molecule has 0 amide bonds. The summed E-state index contributed by atoms with van der Waals surface area (Å²) in [4.78, 5) is 11.7. The maximum Gasteiger partial charge on any atom is 0.158 e. The van der Waals surface area contributed by atoms with E-state index in [0.717, 1.165) is 29.9 Å². The third-order valence-electron chi connectivity index (χ3n) is 2.34. The van der Waals surface area contributed by atoms with Crippen molar-refractivity contribution >= 4 is 17.5 Å². The molecule has 17 heavy (non-hydrogen) atoms. The second-order valence-electron chi connectivity index (χ2n) is 3.81. The van der Waals surface area contributed by atoms with Crippen molar-refractivity contribution in [3.8, 4) is 0 Å². The summed E-state index contributed by atoms with van der Waals surface area (Å²) in [5.74, 6) is 0.628. The van der Waals surface area contributed by atoms with Crippen LogP contribution in [-0.4, -0.2) is 23.2 Å². The number of ketones is 1. The summed E-state index contributed by atoms with van der Waals surface area (Å²) in [5.41, 5.74) is 0. The summed E-state index contributed by atoms with van der Waals surface area (Å²) < 4.78 is 12.9. The van der Waals surface area contributed by atoms with Crippen LogP contribution in [0.25, 0.3) is 0 Å². The molecule has 2 nitrogen and oxygen atoms in total. The topological polar surface area (TPSA) is 37.3 Å². The Bertz CT molecular complexity index is 355. The van der Waals surface area contributed by atoms with E-state index in [2.05, 4.69) is 0 Å². The van der Waals surface area contributed by atoms with Crippen LogP contribution in [0.3, 0.4) is 0 Å². The number of rotatable bonds is 8. The second kappa shape index (κ2) is 8.25. The van der Waals surface area contributed by atoms with Crippen molar-refractivity contribution in [1.82, 2.24) is 0 Å². The lowest BCUT2D eigenvalue weighted by molar-refractivity contribution is -0.121. The lowest BCUT2D eigenvalue weighted by atomic mass is 10.1. The van der Waals surface area contributed by atoms with Crippen LogP contribution >= 0.6 is 11.8 Å². The van der Waals surface area contributed by atoms with E-state index in [1.165, 1.54) is 12.1 Å². The molecular weight excluding hydrogens is 239 g/mol. The van der Waals surface area contributed by atoms with Crippen LogP contribution in [0.4, 0.5) is 4.39 Å². The first-order valence-corrected chi connectivity index (χ1v) is 6.72. The predicted molar refractivity (Wildman–Crippen MR) is 67.7 cm³/mol. The van der Waals surface area contributed by atoms with E-state index >= 15 is 0 Å². The first-order chi connectivity index (χ1) is 8.22. The van der Waals surface area contributed by atoms with Crippen molar-refractivity contribution < 1.29 is 14.3 Å². The molecule has 0 spiro atoms. The van der Waals surface area contributed by atoms with Crippen molar-refractivity contribution in [2.45, 2.75) is 30.6 Å². The van der Waals surface area contributed by atoms with Gasteiger partial charge in [0.15, 0.2) is 5.78 Å². The molecule has 0 aromatic heterocycles. The predicted octanol–water partition coefficient (Wildman–Crippen LogP) is 3.04. The van der Waals surface area contributed by atoms with Gasteiger partial charge in [-0.2, -0.15) is 0 Å². The Morgan fingerprint density at radius 2 is 2.12 bits per heavy atom. The summed E-state index contributed by atoms with van der Waals surface area (Å²) in [6, 6.07) is 6.56. The van der Waals surface area contributed by atoms with Crippen LogP contribution in [0.1, 0.15) is 25.7 Å². The molecule has 0 atom stereocenters. The van der Waals surface area contributed by atoms with E-state index < -0.39 is 0 Å². The monoisotopic (exact) mass is 256 g/mol. The number of aliphatic hydroxyl groups is 1. The molecule has 0 aliphatic rings. The Morgan fingerprint density at radius 3 is 2.82 bits per heavy atom. The van der Waals surface area contributed by atoms with Crippen LogP contribution in [0, 0.1) is 5.82 Å². The lowest BCUT2D eigenvalue weighted by Gasteiger charge is -2.02. The molecule has 0 heterocycles. The van der Waals surface area contributed by atoms with Crippen LogP contribution in [0.2, 0.25) is 0 Å². The highest BCUT2D eigenvalue weighted by atomic mass is 32.2. The molecule has 1 rings (SSSR count). The fourth-order valence-corrected chi connectivity index (χ4v) is 2.38. The Morgan fingerprint density at radius 1 is 1.29 bits per heavy atom. The largest absolute Gasteiger partial charge is 0.389 e. The molecule has 4 heteroatoms. The van der Waals surface area contributed by atoms with Crippen molar-refractivity contribution in [1.29, 1.82) is 0 Å². The smallest absolute Gasteiger partial charge is 0.158 e. The number of hydrogen-bond donors (Lipinski definition) is 1. The zero-order valence-electron chi connectivity index (χ0n) is 9.69. The third-order valence-corrected chi connectivity index (χ3v) is 3.42. The Kier molecular flexibility index (Phi) is 6.89. The van der Waals surface area contributed by atoms with E-state index in [0.29, 0.717) is 6.42 Å². The van der Waals surface area contributed by atoms with Crippen molar-refractivity contribution in [2.75, 3.05) is 12.4 Å². The molecule has 0 unspecified atom stereocenters. The fourth-order valence-electron chi connectivity index (χ4n) is 1.43. The zero-order chi connectivity index (χ0) is 12.5. The summed E-state index contributed by atoms with van der Waals surface area (Å²) in [5, 5.41) is 8.52. The molecule has 0 aliphatic carbocycles. The maximum atomic E-state index is 12.9. The first-order valence-electron chi connectivity index (χ1n) is 5.73. The summed E-state index contributed by atoms with van der Waals surface area (Å²) >= 11 is 1.62. The molecule has 1 aromatic carbocycles. The number of aliphatic hydroxyl groups excluding tert-OH is 1. The lowest BCUT2D eigenvalue weighted by Crippen LogP contribution is -2.02. The van der Waals surface area contributed by atoms with Gasteiger partial charge < -0.3 is 5.11 Å². The summed E-state index contributed by atoms with van der Waals surface area (Å²) in [6.45, 7) is -0.349. The van der Waals surface area contributed by atoms with E-state index in [4.69, 9.17) is 5.11 Å². The number of Topliss-reactive ketones (excluding diaryl/α,β-unsaturated/α-hetero) is 1. The van der Waals surface area contributed by atoms with Gasteiger partial charge in [0.1, 0.15) is 12.4 Å². The van der Waals surface area contributed by atoms with Crippen molar-refractivity contribution in [3.63, 3.8) is 0 Å². The molecule has 94 valence electrons. The van der Waals surface area contributed by atoms with Crippen LogP contribution < -0.4 is 0 Å². The molecule has 0 aliphatic heterocycles. The van der Waals surface area contributed by atoms with Crippen molar-refractivity contribution in [3.05, 3.63) is 30.1 Å². The Balaban J connectivity index is 2.06.